The smallest absolute Gasteiger partial charge is 0.321 e. The molecule has 1 fully saturated rings. The molecule has 1 aliphatic rings. The van der Waals surface area contributed by atoms with Crippen LogP contribution < -0.4 is 5.32 Å². The van der Waals surface area contributed by atoms with Gasteiger partial charge >= 0.3 is 5.97 Å². The van der Waals surface area contributed by atoms with E-state index in [9.17, 15) is 9.59 Å². The molecular weight excluding hydrogens is 286 g/mol. The standard InChI is InChI=1S/C12H12BrNO3/c1-17-11(16)12(5-6-12)10(15)14-9-4-2-3-8(13)7-9/h2-4,7H,5-6H2,1H3,(H,14,15). The molecule has 0 aromatic heterocycles. The molecule has 1 N–H and O–H groups in total. The van der Waals surface area contributed by atoms with Crippen LogP contribution in [0.1, 0.15) is 12.8 Å². The Morgan fingerprint density at radius 2 is 2.12 bits per heavy atom. The molecule has 0 spiro atoms. The number of amides is 1. The van der Waals surface area contributed by atoms with Gasteiger partial charge < -0.3 is 10.1 Å². The Morgan fingerprint density at radius 1 is 1.41 bits per heavy atom. The van der Waals surface area contributed by atoms with Gasteiger partial charge in [0.05, 0.1) is 7.11 Å². The van der Waals surface area contributed by atoms with E-state index in [1.54, 1.807) is 12.1 Å². The van der Waals surface area contributed by atoms with Crippen molar-refractivity contribution in [2.45, 2.75) is 12.8 Å². The summed E-state index contributed by atoms with van der Waals surface area (Å²) in [5.74, 6) is -0.743. The molecule has 4 nitrogen and oxygen atoms in total. The number of benzene rings is 1. The van der Waals surface area contributed by atoms with Crippen LogP contribution in [0.5, 0.6) is 0 Å². The maximum atomic E-state index is 12.0. The summed E-state index contributed by atoms with van der Waals surface area (Å²) in [6.07, 6.45) is 1.11. The average molecular weight is 298 g/mol. The highest BCUT2D eigenvalue weighted by atomic mass is 79.9. The van der Waals surface area contributed by atoms with Crippen molar-refractivity contribution >= 4 is 33.5 Å². The van der Waals surface area contributed by atoms with Gasteiger partial charge in [0.1, 0.15) is 5.41 Å². The molecule has 0 atom stereocenters. The maximum Gasteiger partial charge on any atom is 0.321 e. The molecule has 0 radical (unpaired) electrons. The summed E-state index contributed by atoms with van der Waals surface area (Å²) >= 11 is 3.32. The number of hydrogen-bond acceptors (Lipinski definition) is 3. The van der Waals surface area contributed by atoms with Crippen molar-refractivity contribution < 1.29 is 14.3 Å². The summed E-state index contributed by atoms with van der Waals surface area (Å²) in [7, 11) is 1.30. The highest BCUT2D eigenvalue weighted by Crippen LogP contribution is 2.47. The fourth-order valence-corrected chi connectivity index (χ4v) is 2.06. The first-order chi connectivity index (χ1) is 8.08. The van der Waals surface area contributed by atoms with Crippen LogP contribution >= 0.6 is 15.9 Å². The Kier molecular flexibility index (Phi) is 3.19. The molecule has 0 heterocycles. The molecule has 0 saturated heterocycles. The van der Waals surface area contributed by atoms with Crippen LogP contribution in [0.4, 0.5) is 5.69 Å². The zero-order valence-electron chi connectivity index (χ0n) is 9.33. The van der Waals surface area contributed by atoms with E-state index in [2.05, 4.69) is 26.0 Å². The fourth-order valence-electron chi connectivity index (χ4n) is 1.66. The van der Waals surface area contributed by atoms with Crippen molar-refractivity contribution in [1.82, 2.24) is 0 Å². The third-order valence-electron chi connectivity index (χ3n) is 2.84. The first kappa shape index (κ1) is 12.1. The number of anilines is 1. The van der Waals surface area contributed by atoms with E-state index >= 15 is 0 Å². The number of carbonyl (C=O) groups excluding carboxylic acids is 2. The van der Waals surface area contributed by atoms with E-state index in [-0.39, 0.29) is 5.91 Å². The summed E-state index contributed by atoms with van der Waals surface area (Å²) in [5.41, 5.74) is -0.295. The molecule has 2 rings (SSSR count). The minimum Gasteiger partial charge on any atom is -0.468 e. The van der Waals surface area contributed by atoms with Crippen LogP contribution in [0.25, 0.3) is 0 Å². The number of ether oxygens (including phenoxy) is 1. The molecule has 1 saturated carbocycles. The second kappa shape index (κ2) is 4.49. The first-order valence-electron chi connectivity index (χ1n) is 5.24. The minimum atomic E-state index is -0.961. The second-order valence-electron chi connectivity index (χ2n) is 4.04. The Labute approximate surface area is 107 Å². The van der Waals surface area contributed by atoms with Crippen molar-refractivity contribution in [2.24, 2.45) is 5.41 Å². The summed E-state index contributed by atoms with van der Waals surface area (Å²) in [6.45, 7) is 0. The molecular formula is C12H12BrNO3. The van der Waals surface area contributed by atoms with Crippen molar-refractivity contribution in [2.75, 3.05) is 12.4 Å². The highest BCUT2D eigenvalue weighted by Gasteiger charge is 2.57. The van der Waals surface area contributed by atoms with Gasteiger partial charge in [0, 0.05) is 10.2 Å². The van der Waals surface area contributed by atoms with Crippen molar-refractivity contribution in [3.8, 4) is 0 Å². The lowest BCUT2D eigenvalue weighted by Gasteiger charge is -2.12. The number of esters is 1. The van der Waals surface area contributed by atoms with Crippen LogP contribution in [0, 0.1) is 5.41 Å². The molecule has 90 valence electrons. The summed E-state index contributed by atoms with van der Waals surface area (Å²) in [6, 6.07) is 7.24. The van der Waals surface area contributed by atoms with Gasteiger partial charge in [-0.1, -0.05) is 22.0 Å². The van der Waals surface area contributed by atoms with Crippen LogP contribution in [0.2, 0.25) is 0 Å². The van der Waals surface area contributed by atoms with E-state index in [1.165, 1.54) is 7.11 Å². The predicted molar refractivity (Wildman–Crippen MR) is 66.5 cm³/mol. The normalized spacial score (nSPS) is 16.1. The zero-order chi connectivity index (χ0) is 12.5. The number of carbonyl (C=O) groups is 2. The van der Waals surface area contributed by atoms with Gasteiger partial charge in [0.25, 0.3) is 0 Å². The lowest BCUT2D eigenvalue weighted by atomic mass is 10.1. The van der Waals surface area contributed by atoms with E-state index in [0.717, 1.165) is 4.47 Å². The van der Waals surface area contributed by atoms with E-state index in [1.807, 2.05) is 12.1 Å². The molecule has 0 bridgehead atoms. The topological polar surface area (TPSA) is 55.4 Å². The fraction of sp³-hybridized carbons (Fsp3) is 0.333. The second-order valence-corrected chi connectivity index (χ2v) is 4.95. The summed E-state index contributed by atoms with van der Waals surface area (Å²) in [4.78, 5) is 23.5. The van der Waals surface area contributed by atoms with Gasteiger partial charge in [-0.15, -0.1) is 0 Å². The summed E-state index contributed by atoms with van der Waals surface area (Å²) < 4.78 is 5.52. The third-order valence-corrected chi connectivity index (χ3v) is 3.34. The molecule has 0 aliphatic heterocycles. The Bertz CT molecular complexity index is 469. The summed E-state index contributed by atoms with van der Waals surface area (Å²) in [5, 5.41) is 2.73. The molecule has 1 aromatic rings. The van der Waals surface area contributed by atoms with Gasteiger partial charge in [-0.2, -0.15) is 0 Å². The number of rotatable bonds is 3. The average Bonchev–Trinajstić information content (AvgIpc) is 3.09. The van der Waals surface area contributed by atoms with E-state index in [0.29, 0.717) is 18.5 Å². The number of nitrogens with one attached hydrogen (secondary N) is 1. The lowest BCUT2D eigenvalue weighted by Crippen LogP contribution is -2.32. The van der Waals surface area contributed by atoms with Crippen LogP contribution in [-0.2, 0) is 14.3 Å². The largest absolute Gasteiger partial charge is 0.468 e. The number of hydrogen-bond donors (Lipinski definition) is 1. The van der Waals surface area contributed by atoms with Gasteiger partial charge in [0.2, 0.25) is 5.91 Å². The quantitative estimate of drug-likeness (QED) is 0.688. The van der Waals surface area contributed by atoms with Crippen LogP contribution in [0.3, 0.4) is 0 Å². The van der Waals surface area contributed by atoms with Gasteiger partial charge in [-0.05, 0) is 31.0 Å². The predicted octanol–water partition coefficient (Wildman–Crippen LogP) is 2.34. The van der Waals surface area contributed by atoms with Crippen molar-refractivity contribution in [1.29, 1.82) is 0 Å². The van der Waals surface area contributed by atoms with E-state index < -0.39 is 11.4 Å². The SMILES string of the molecule is COC(=O)C1(C(=O)Nc2cccc(Br)c2)CC1. The lowest BCUT2D eigenvalue weighted by molar-refractivity contribution is -0.150. The zero-order valence-corrected chi connectivity index (χ0v) is 10.9. The molecule has 5 heteroatoms. The minimum absolute atomic E-state index is 0.289. The van der Waals surface area contributed by atoms with Gasteiger partial charge in [0.15, 0.2) is 0 Å². The monoisotopic (exact) mass is 297 g/mol. The molecule has 0 unspecified atom stereocenters. The number of methoxy groups -OCH3 is 1. The molecule has 1 aliphatic carbocycles. The Morgan fingerprint density at radius 3 is 2.65 bits per heavy atom. The maximum absolute atomic E-state index is 12.0. The molecule has 1 amide bonds. The van der Waals surface area contributed by atoms with Crippen LogP contribution in [-0.4, -0.2) is 19.0 Å². The van der Waals surface area contributed by atoms with E-state index in [4.69, 9.17) is 0 Å². The first-order valence-corrected chi connectivity index (χ1v) is 6.03. The van der Waals surface area contributed by atoms with Crippen molar-refractivity contribution in [3.63, 3.8) is 0 Å². The van der Waals surface area contributed by atoms with Gasteiger partial charge in [-0.25, -0.2) is 0 Å². The van der Waals surface area contributed by atoms with Crippen molar-refractivity contribution in [3.05, 3.63) is 28.7 Å². The van der Waals surface area contributed by atoms with Crippen LogP contribution in [0.15, 0.2) is 28.7 Å². The van der Waals surface area contributed by atoms with Gasteiger partial charge in [-0.3, -0.25) is 9.59 Å². The highest BCUT2D eigenvalue weighted by molar-refractivity contribution is 9.10. The Balaban J connectivity index is 2.10. The molecule has 17 heavy (non-hydrogen) atoms. The number of halogens is 1. The molecule has 1 aromatic carbocycles. The third kappa shape index (κ3) is 2.34. The Hall–Kier alpha value is -1.36.